The first-order valence-corrected chi connectivity index (χ1v) is 27.8. The average molecular weight is 918 g/mol. The molecule has 0 aliphatic carbocycles. The predicted molar refractivity (Wildman–Crippen MR) is 276 cm³/mol. The molecule has 372 valence electrons. The van der Waals surface area contributed by atoms with Crippen LogP contribution in [-0.4, -0.2) is 73.4 Å². The van der Waals surface area contributed by atoms with E-state index in [1.807, 2.05) is 21.1 Å². The van der Waals surface area contributed by atoms with E-state index in [0.717, 1.165) is 77.0 Å². The summed E-state index contributed by atoms with van der Waals surface area (Å²) in [6, 6.07) is -0.763. The summed E-state index contributed by atoms with van der Waals surface area (Å²) in [5.74, 6) is -0.150. The van der Waals surface area contributed by atoms with Crippen molar-refractivity contribution in [3.63, 3.8) is 0 Å². The maximum atomic E-state index is 12.9. The highest BCUT2D eigenvalue weighted by Gasteiger charge is 2.28. The van der Waals surface area contributed by atoms with Crippen LogP contribution >= 0.6 is 7.82 Å². The molecule has 3 atom stereocenters. The molecule has 0 aliphatic rings. The van der Waals surface area contributed by atoms with Crippen LogP contribution in [-0.2, 0) is 18.4 Å². The van der Waals surface area contributed by atoms with Gasteiger partial charge in [0.2, 0.25) is 5.91 Å². The van der Waals surface area contributed by atoms with Gasteiger partial charge in [0.1, 0.15) is 13.2 Å². The molecule has 0 saturated carbocycles. The fourth-order valence-electron chi connectivity index (χ4n) is 7.34. The summed E-state index contributed by atoms with van der Waals surface area (Å²) in [5.41, 5.74) is 0. The number of nitrogens with zero attached hydrogens (tertiary/aromatic N) is 1. The summed E-state index contributed by atoms with van der Waals surface area (Å²) in [7, 11) is 1.61. The molecular weight excluding hydrogens is 816 g/mol. The van der Waals surface area contributed by atoms with Crippen molar-refractivity contribution in [2.45, 2.75) is 231 Å². The van der Waals surface area contributed by atoms with Crippen molar-refractivity contribution < 1.29 is 32.9 Å². The molecule has 64 heavy (non-hydrogen) atoms. The van der Waals surface area contributed by atoms with Gasteiger partial charge in [-0.2, -0.15) is 0 Å². The summed E-state index contributed by atoms with van der Waals surface area (Å²) < 4.78 is 23.7. The third kappa shape index (κ3) is 47.9. The fraction of sp³-hybridized carbons (Fsp3) is 0.764. The van der Waals surface area contributed by atoms with Crippen LogP contribution in [0.3, 0.4) is 0 Å². The molecule has 0 aromatic heterocycles. The number of aliphatic hydroxyl groups excluding tert-OH is 1. The number of quaternary nitrogens is 1. The molecular formula is C55H102N2O6P+. The minimum atomic E-state index is -4.32. The smallest absolute Gasteiger partial charge is 0.391 e. The number of hydrogen-bond donors (Lipinski definition) is 3. The molecule has 0 spiro atoms. The molecule has 9 heteroatoms. The Morgan fingerprint density at radius 2 is 0.938 bits per heavy atom. The second-order valence-corrected chi connectivity index (χ2v) is 20.3. The summed E-state index contributed by atoms with van der Waals surface area (Å²) in [6.07, 6.45) is 62.3. The third-order valence-electron chi connectivity index (χ3n) is 11.5. The molecule has 8 nitrogen and oxygen atoms in total. The lowest BCUT2D eigenvalue weighted by Crippen LogP contribution is -2.46. The molecule has 0 bridgehead atoms. The second kappa shape index (κ2) is 46.1. The highest BCUT2D eigenvalue weighted by Crippen LogP contribution is 2.43. The number of unbranched alkanes of at least 4 members (excludes halogenated alkanes) is 22. The first-order chi connectivity index (χ1) is 31.0. The van der Waals surface area contributed by atoms with Crippen molar-refractivity contribution in [2.75, 3.05) is 40.9 Å². The number of nitrogens with one attached hydrogen (secondary N) is 1. The van der Waals surface area contributed by atoms with E-state index in [4.69, 9.17) is 9.05 Å². The number of aliphatic hydroxyl groups is 1. The van der Waals surface area contributed by atoms with Crippen LogP contribution in [0.2, 0.25) is 0 Å². The summed E-state index contributed by atoms with van der Waals surface area (Å²) in [5, 5.41) is 14.0. The minimum Gasteiger partial charge on any atom is -0.391 e. The van der Waals surface area contributed by atoms with Crippen LogP contribution in [0.15, 0.2) is 72.9 Å². The van der Waals surface area contributed by atoms with Gasteiger partial charge >= 0.3 is 7.82 Å². The van der Waals surface area contributed by atoms with E-state index < -0.39 is 20.0 Å². The Balaban J connectivity index is 4.09. The number of phosphoric acid groups is 1. The molecule has 0 heterocycles. The van der Waals surface area contributed by atoms with Crippen LogP contribution in [0.25, 0.3) is 0 Å². The van der Waals surface area contributed by atoms with Gasteiger partial charge in [-0.15, -0.1) is 0 Å². The Morgan fingerprint density at radius 3 is 1.38 bits per heavy atom. The SMILES string of the molecule is CC/C=C\C/C=C\C/C=C\C/C=C\C/C=C\C/C=C\CCCCCCCCCCCCCCC(=O)NC(COP(=O)(O)OCC[N+](C)(C)C)C(O)CCCCCCCCCCCCC. The van der Waals surface area contributed by atoms with E-state index in [0.29, 0.717) is 23.9 Å². The van der Waals surface area contributed by atoms with Gasteiger partial charge in [-0.3, -0.25) is 13.8 Å². The molecule has 0 aliphatic heterocycles. The average Bonchev–Trinajstić information content (AvgIpc) is 3.25. The largest absolute Gasteiger partial charge is 0.472 e. The number of rotatable bonds is 47. The number of allylic oxidation sites excluding steroid dienone is 12. The van der Waals surface area contributed by atoms with Gasteiger partial charge in [0.05, 0.1) is 39.9 Å². The molecule has 0 aromatic rings. The van der Waals surface area contributed by atoms with Crippen molar-refractivity contribution in [3.05, 3.63) is 72.9 Å². The Hall–Kier alpha value is -2.06. The van der Waals surface area contributed by atoms with E-state index in [9.17, 15) is 19.4 Å². The van der Waals surface area contributed by atoms with Gasteiger partial charge in [-0.25, -0.2) is 4.57 Å². The third-order valence-corrected chi connectivity index (χ3v) is 12.5. The first kappa shape index (κ1) is 61.9. The lowest BCUT2D eigenvalue weighted by molar-refractivity contribution is -0.870. The topological polar surface area (TPSA) is 105 Å². The van der Waals surface area contributed by atoms with Crippen molar-refractivity contribution in [1.29, 1.82) is 0 Å². The second-order valence-electron chi connectivity index (χ2n) is 18.9. The van der Waals surface area contributed by atoms with Gasteiger partial charge < -0.3 is 19.8 Å². The Morgan fingerprint density at radius 1 is 0.547 bits per heavy atom. The Kier molecular flexibility index (Phi) is 44.6. The van der Waals surface area contributed by atoms with Gasteiger partial charge in [0, 0.05) is 6.42 Å². The highest BCUT2D eigenvalue weighted by molar-refractivity contribution is 7.47. The van der Waals surface area contributed by atoms with Gasteiger partial charge in [-0.05, 0) is 64.2 Å². The van der Waals surface area contributed by atoms with Crippen LogP contribution < -0.4 is 5.32 Å². The zero-order chi connectivity index (χ0) is 47.1. The Bertz CT molecular complexity index is 1270. The lowest BCUT2D eigenvalue weighted by Gasteiger charge is -2.26. The van der Waals surface area contributed by atoms with Crippen LogP contribution in [0.5, 0.6) is 0 Å². The zero-order valence-corrected chi connectivity index (χ0v) is 43.1. The zero-order valence-electron chi connectivity index (χ0n) is 42.3. The fourth-order valence-corrected chi connectivity index (χ4v) is 8.08. The van der Waals surface area contributed by atoms with E-state index in [1.165, 1.54) is 116 Å². The molecule has 3 unspecified atom stereocenters. The van der Waals surface area contributed by atoms with E-state index >= 15 is 0 Å². The van der Waals surface area contributed by atoms with Crippen molar-refractivity contribution in [2.24, 2.45) is 0 Å². The van der Waals surface area contributed by atoms with Gasteiger partial charge in [0.25, 0.3) is 0 Å². The molecule has 0 fully saturated rings. The number of carbonyl (C=O) groups excluding carboxylic acids is 1. The number of hydrogen-bond acceptors (Lipinski definition) is 5. The predicted octanol–water partition coefficient (Wildman–Crippen LogP) is 15.5. The quantitative estimate of drug-likeness (QED) is 0.0243. The maximum absolute atomic E-state index is 12.9. The summed E-state index contributed by atoms with van der Waals surface area (Å²) in [6.45, 7) is 4.76. The number of phosphoric ester groups is 1. The van der Waals surface area contributed by atoms with Crippen LogP contribution in [0.1, 0.15) is 219 Å². The number of amides is 1. The van der Waals surface area contributed by atoms with Crippen molar-refractivity contribution in [3.8, 4) is 0 Å². The molecule has 1 amide bonds. The van der Waals surface area contributed by atoms with Gasteiger partial charge in [-0.1, -0.05) is 222 Å². The monoisotopic (exact) mass is 918 g/mol. The molecule has 3 N–H and O–H groups in total. The first-order valence-electron chi connectivity index (χ1n) is 26.3. The lowest BCUT2D eigenvalue weighted by atomic mass is 10.0. The normalized spacial score (nSPS) is 14.7. The van der Waals surface area contributed by atoms with Gasteiger partial charge in [0.15, 0.2) is 0 Å². The standard InChI is InChI=1S/C55H101N2O6P/c1-6-8-10-12-14-16-18-19-20-21-22-23-24-25-26-27-28-29-30-31-32-33-34-35-36-37-39-41-43-45-47-49-55(59)56-53(52-63-64(60,61)62-51-50-57(3,4)5)54(58)48-46-44-42-40-38-17-15-13-11-9-7-2/h8,10,14,16,19-20,22-23,25-26,28-29,53-54,58H,6-7,9,11-13,15,17-18,21,24,27,30-52H2,1-5H3,(H-,56,59,60,61)/p+1/b10-8-,16-14-,20-19-,23-22-,26-25-,29-28-. The van der Waals surface area contributed by atoms with Crippen molar-refractivity contribution in [1.82, 2.24) is 5.32 Å². The molecule has 0 rings (SSSR count). The van der Waals surface area contributed by atoms with E-state index in [1.54, 1.807) is 0 Å². The van der Waals surface area contributed by atoms with Crippen molar-refractivity contribution >= 4 is 13.7 Å². The molecule has 0 saturated heterocycles. The van der Waals surface area contributed by atoms with E-state index in [2.05, 4.69) is 92.1 Å². The number of likely N-dealkylation sites (N-methyl/N-ethyl adjacent to an activating group) is 1. The molecule has 0 radical (unpaired) electrons. The minimum absolute atomic E-state index is 0.0719. The Labute approximate surface area is 395 Å². The van der Waals surface area contributed by atoms with E-state index in [-0.39, 0.29) is 19.1 Å². The number of carbonyl (C=O) groups is 1. The summed E-state index contributed by atoms with van der Waals surface area (Å²) >= 11 is 0. The maximum Gasteiger partial charge on any atom is 0.472 e. The van der Waals surface area contributed by atoms with Crippen LogP contribution in [0.4, 0.5) is 0 Å². The molecule has 0 aromatic carbocycles. The van der Waals surface area contributed by atoms with Crippen LogP contribution in [0, 0.1) is 0 Å². The summed E-state index contributed by atoms with van der Waals surface area (Å²) in [4.78, 5) is 23.2. The highest BCUT2D eigenvalue weighted by atomic mass is 31.2.